The van der Waals surface area contributed by atoms with Crippen LogP contribution in [0.25, 0.3) is 17.5 Å². The molecular formula is C21H22N2O3. The van der Waals surface area contributed by atoms with E-state index in [2.05, 4.69) is 22.5 Å². The minimum absolute atomic E-state index is 0. The Morgan fingerprint density at radius 3 is 2.58 bits per heavy atom. The summed E-state index contributed by atoms with van der Waals surface area (Å²) in [5.41, 5.74) is 5.42. The van der Waals surface area contributed by atoms with Crippen LogP contribution in [-0.4, -0.2) is 17.3 Å². The van der Waals surface area contributed by atoms with Crippen LogP contribution in [0.2, 0.25) is 0 Å². The van der Waals surface area contributed by atoms with Gasteiger partial charge in [0.1, 0.15) is 6.61 Å². The average Bonchev–Trinajstić information content (AvgIpc) is 3.07. The number of aromatic nitrogens is 2. The summed E-state index contributed by atoms with van der Waals surface area (Å²) in [5.74, 6) is 2.18. The normalized spacial score (nSPS) is 9.77. The van der Waals surface area contributed by atoms with E-state index in [1.807, 2.05) is 42.5 Å². The van der Waals surface area contributed by atoms with Gasteiger partial charge in [0.15, 0.2) is 11.5 Å². The minimum atomic E-state index is 0. The summed E-state index contributed by atoms with van der Waals surface area (Å²) in [4.78, 5) is 4.30. The second kappa shape index (κ2) is 8.70. The smallest absolute Gasteiger partial charge is 0.223 e. The molecule has 5 nitrogen and oxygen atoms in total. The van der Waals surface area contributed by atoms with Crippen LogP contribution in [0.4, 0.5) is 0 Å². The Hall–Kier alpha value is -3.30. The molecule has 0 aliphatic rings. The SMILES string of the molecule is C.C=C=Cc1cc(OC)c(OCc2ccccc2)cc1-c1noc(C)n1. The topological polar surface area (TPSA) is 57.4 Å². The predicted octanol–water partition coefficient (Wildman–Crippen LogP) is 5.07. The van der Waals surface area contributed by atoms with Gasteiger partial charge in [-0.05, 0) is 29.3 Å². The van der Waals surface area contributed by atoms with Gasteiger partial charge in [0.25, 0.3) is 0 Å². The van der Waals surface area contributed by atoms with Crippen molar-refractivity contribution in [2.75, 3.05) is 7.11 Å². The Bertz CT molecular complexity index is 910. The highest BCUT2D eigenvalue weighted by atomic mass is 16.5. The summed E-state index contributed by atoms with van der Waals surface area (Å²) in [6.45, 7) is 5.81. The van der Waals surface area contributed by atoms with Crippen LogP contribution >= 0.6 is 0 Å². The van der Waals surface area contributed by atoms with E-state index in [1.54, 1.807) is 20.1 Å². The summed E-state index contributed by atoms with van der Waals surface area (Å²) < 4.78 is 16.5. The fourth-order valence-electron chi connectivity index (χ4n) is 2.41. The van der Waals surface area contributed by atoms with Crippen LogP contribution in [0.1, 0.15) is 24.4 Å². The highest BCUT2D eigenvalue weighted by Gasteiger charge is 2.16. The summed E-state index contributed by atoms with van der Waals surface area (Å²) in [6.07, 6.45) is 1.74. The maximum Gasteiger partial charge on any atom is 0.223 e. The Morgan fingerprint density at radius 1 is 1.19 bits per heavy atom. The van der Waals surface area contributed by atoms with Gasteiger partial charge in [0.2, 0.25) is 11.7 Å². The first kappa shape index (κ1) is 19.0. The van der Waals surface area contributed by atoms with Gasteiger partial charge in [-0.3, -0.25) is 0 Å². The highest BCUT2D eigenvalue weighted by molar-refractivity contribution is 5.74. The van der Waals surface area contributed by atoms with Gasteiger partial charge in [0.05, 0.1) is 7.11 Å². The number of hydrogen-bond donors (Lipinski definition) is 0. The second-order valence-electron chi connectivity index (χ2n) is 5.35. The maximum atomic E-state index is 5.96. The van der Waals surface area contributed by atoms with Gasteiger partial charge in [-0.15, -0.1) is 5.73 Å². The van der Waals surface area contributed by atoms with Gasteiger partial charge >= 0.3 is 0 Å². The van der Waals surface area contributed by atoms with Crippen molar-refractivity contribution in [1.29, 1.82) is 0 Å². The highest BCUT2D eigenvalue weighted by Crippen LogP contribution is 2.36. The van der Waals surface area contributed by atoms with Crippen molar-refractivity contribution in [3.05, 3.63) is 71.8 Å². The van der Waals surface area contributed by atoms with Crippen molar-refractivity contribution in [1.82, 2.24) is 10.1 Å². The van der Waals surface area contributed by atoms with E-state index in [1.165, 1.54) is 0 Å². The molecular weight excluding hydrogens is 328 g/mol. The van der Waals surface area contributed by atoms with Crippen LogP contribution < -0.4 is 9.47 Å². The molecule has 0 fully saturated rings. The molecule has 0 bridgehead atoms. The molecule has 0 saturated carbocycles. The fraction of sp³-hybridized carbons (Fsp3) is 0.190. The van der Waals surface area contributed by atoms with Crippen molar-refractivity contribution in [2.45, 2.75) is 21.0 Å². The van der Waals surface area contributed by atoms with E-state index in [0.717, 1.165) is 16.7 Å². The number of aryl methyl sites for hydroxylation is 1. The standard InChI is InChI=1S/C20H18N2O3.CH4/c1-4-8-16-11-18(23-3)19(24-13-15-9-6-5-7-10-15)12-17(16)20-21-14(2)25-22-20;/h5-12H,1,13H2,2-3H3;1H4. The Morgan fingerprint density at radius 2 is 1.96 bits per heavy atom. The van der Waals surface area contributed by atoms with Gasteiger partial charge in [-0.1, -0.05) is 49.5 Å². The Labute approximate surface area is 153 Å². The summed E-state index contributed by atoms with van der Waals surface area (Å²) >= 11 is 0. The summed E-state index contributed by atoms with van der Waals surface area (Å²) in [7, 11) is 1.60. The maximum absolute atomic E-state index is 5.96. The monoisotopic (exact) mass is 350 g/mol. The average molecular weight is 350 g/mol. The van der Waals surface area contributed by atoms with Crippen LogP contribution in [-0.2, 0) is 6.61 Å². The Balaban J connectivity index is 0.00000243. The van der Waals surface area contributed by atoms with Crippen LogP contribution in [0.3, 0.4) is 0 Å². The summed E-state index contributed by atoms with van der Waals surface area (Å²) in [6, 6.07) is 13.6. The number of hydrogen-bond acceptors (Lipinski definition) is 5. The number of rotatable bonds is 6. The van der Waals surface area contributed by atoms with Crippen molar-refractivity contribution < 1.29 is 14.0 Å². The molecule has 0 saturated heterocycles. The third kappa shape index (κ3) is 4.21. The third-order valence-corrected chi connectivity index (χ3v) is 3.60. The van der Waals surface area contributed by atoms with Crippen LogP contribution in [0, 0.1) is 6.92 Å². The molecule has 1 aromatic heterocycles. The number of nitrogens with zero attached hydrogens (tertiary/aromatic N) is 2. The molecule has 134 valence electrons. The first-order valence-corrected chi connectivity index (χ1v) is 7.76. The van der Waals surface area contributed by atoms with E-state index >= 15 is 0 Å². The van der Waals surface area contributed by atoms with Gasteiger partial charge in [0, 0.05) is 12.5 Å². The third-order valence-electron chi connectivity index (χ3n) is 3.60. The van der Waals surface area contributed by atoms with E-state index in [0.29, 0.717) is 29.8 Å². The minimum Gasteiger partial charge on any atom is -0.493 e. The van der Waals surface area contributed by atoms with E-state index in [-0.39, 0.29) is 7.43 Å². The first-order chi connectivity index (χ1) is 12.2. The molecule has 3 rings (SSSR count). The second-order valence-corrected chi connectivity index (χ2v) is 5.35. The zero-order valence-electron chi connectivity index (χ0n) is 14.2. The number of methoxy groups -OCH3 is 1. The lowest BCUT2D eigenvalue weighted by Gasteiger charge is -2.13. The molecule has 0 spiro atoms. The van der Waals surface area contributed by atoms with Crippen LogP contribution in [0.5, 0.6) is 11.5 Å². The molecule has 0 atom stereocenters. The van der Waals surface area contributed by atoms with Gasteiger partial charge in [-0.25, -0.2) is 0 Å². The summed E-state index contributed by atoms with van der Waals surface area (Å²) in [5, 5.41) is 3.99. The van der Waals surface area contributed by atoms with Crippen molar-refractivity contribution in [2.24, 2.45) is 0 Å². The zero-order chi connectivity index (χ0) is 17.6. The molecule has 0 N–H and O–H groups in total. The molecule has 0 aliphatic carbocycles. The number of ether oxygens (including phenoxy) is 2. The lowest BCUT2D eigenvalue weighted by molar-refractivity contribution is 0.284. The fourth-order valence-corrected chi connectivity index (χ4v) is 2.41. The molecule has 0 amide bonds. The first-order valence-electron chi connectivity index (χ1n) is 7.76. The lowest BCUT2D eigenvalue weighted by atomic mass is 10.1. The molecule has 0 unspecified atom stereocenters. The molecule has 1 heterocycles. The largest absolute Gasteiger partial charge is 0.493 e. The van der Waals surface area contributed by atoms with Crippen molar-refractivity contribution in [3.8, 4) is 22.9 Å². The molecule has 5 heteroatoms. The van der Waals surface area contributed by atoms with Gasteiger partial charge < -0.3 is 14.0 Å². The van der Waals surface area contributed by atoms with Crippen LogP contribution in [0.15, 0.2) is 59.3 Å². The molecule has 2 aromatic carbocycles. The molecule has 0 aliphatic heterocycles. The quantitative estimate of drug-likeness (QED) is 0.581. The Kier molecular flexibility index (Phi) is 6.36. The molecule has 0 radical (unpaired) electrons. The van der Waals surface area contributed by atoms with E-state index < -0.39 is 0 Å². The number of benzene rings is 2. The van der Waals surface area contributed by atoms with E-state index in [4.69, 9.17) is 14.0 Å². The van der Waals surface area contributed by atoms with Crippen molar-refractivity contribution >= 4 is 6.08 Å². The molecule has 3 aromatic rings. The van der Waals surface area contributed by atoms with Crippen molar-refractivity contribution in [3.63, 3.8) is 0 Å². The zero-order valence-corrected chi connectivity index (χ0v) is 14.2. The molecule has 26 heavy (non-hydrogen) atoms. The van der Waals surface area contributed by atoms with Gasteiger partial charge in [-0.2, -0.15) is 4.98 Å². The lowest BCUT2D eigenvalue weighted by Crippen LogP contribution is -1.99. The predicted molar refractivity (Wildman–Crippen MR) is 102 cm³/mol. The van der Waals surface area contributed by atoms with E-state index in [9.17, 15) is 0 Å².